The highest BCUT2D eigenvalue weighted by atomic mass is 16.6. The number of guanidine groups is 1. The summed E-state index contributed by atoms with van der Waals surface area (Å²) in [6.07, 6.45) is 2.01. The second-order valence-corrected chi connectivity index (χ2v) is 8.02. The van der Waals surface area contributed by atoms with Crippen molar-refractivity contribution in [2.24, 2.45) is 4.99 Å². The van der Waals surface area contributed by atoms with Gasteiger partial charge < -0.3 is 25.6 Å². The first-order valence-corrected chi connectivity index (χ1v) is 9.13. The van der Waals surface area contributed by atoms with Crippen molar-refractivity contribution in [2.75, 3.05) is 40.3 Å². The number of likely N-dealkylation sites (N-methyl/N-ethyl adjacent to an activating group) is 1. The van der Waals surface area contributed by atoms with Gasteiger partial charge >= 0.3 is 6.09 Å². The number of hydrogen-bond donors (Lipinski definition) is 3. The van der Waals surface area contributed by atoms with Gasteiger partial charge in [-0.05, 0) is 54.6 Å². The molecule has 0 aromatic carbocycles. The van der Waals surface area contributed by atoms with Gasteiger partial charge in [-0.2, -0.15) is 0 Å². The van der Waals surface area contributed by atoms with E-state index < -0.39 is 17.2 Å². The quantitative estimate of drug-likeness (QED) is 0.435. The number of aliphatic imine (C=N–C) groups is 1. The van der Waals surface area contributed by atoms with Gasteiger partial charge in [-0.1, -0.05) is 13.3 Å². The lowest BCUT2D eigenvalue weighted by atomic mass is 10.1. The van der Waals surface area contributed by atoms with E-state index in [0.29, 0.717) is 6.54 Å². The van der Waals surface area contributed by atoms with E-state index in [1.807, 2.05) is 34.6 Å². The third-order valence-corrected chi connectivity index (χ3v) is 3.44. The average molecular weight is 358 g/mol. The zero-order valence-electron chi connectivity index (χ0n) is 17.5. The molecule has 1 amide bonds. The molecular formula is C18H39N5O2. The number of carbonyl (C=O) groups excluding carboxylic acids is 1. The lowest BCUT2D eigenvalue weighted by molar-refractivity contribution is 0.0474. The van der Waals surface area contributed by atoms with Crippen LogP contribution in [-0.2, 0) is 4.74 Å². The second-order valence-electron chi connectivity index (χ2n) is 8.02. The number of carbonyl (C=O) groups is 1. The van der Waals surface area contributed by atoms with Gasteiger partial charge in [0.05, 0.1) is 5.54 Å². The number of ether oxygens (including phenoxy) is 1. The largest absolute Gasteiger partial charge is 0.444 e. The Morgan fingerprint density at radius 2 is 1.76 bits per heavy atom. The zero-order chi connectivity index (χ0) is 19.5. The molecule has 25 heavy (non-hydrogen) atoms. The van der Waals surface area contributed by atoms with Crippen molar-refractivity contribution < 1.29 is 9.53 Å². The van der Waals surface area contributed by atoms with Crippen molar-refractivity contribution in [3.63, 3.8) is 0 Å². The number of amides is 1. The Bertz CT molecular complexity index is 416. The minimum Gasteiger partial charge on any atom is -0.444 e. The first kappa shape index (κ1) is 23.5. The Morgan fingerprint density at radius 3 is 2.28 bits per heavy atom. The molecule has 0 aliphatic rings. The molecule has 0 aliphatic heterocycles. The SMILES string of the molecule is CCCCN(C)CCNC(=NC)NCC(C)(C)NC(=O)OC(C)(C)C. The van der Waals surface area contributed by atoms with Crippen molar-refractivity contribution in [1.82, 2.24) is 20.9 Å². The van der Waals surface area contributed by atoms with Crippen LogP contribution in [-0.4, -0.2) is 68.4 Å². The molecule has 0 aromatic rings. The third-order valence-electron chi connectivity index (χ3n) is 3.44. The monoisotopic (exact) mass is 357 g/mol. The van der Waals surface area contributed by atoms with Crippen molar-refractivity contribution in [3.8, 4) is 0 Å². The number of unbranched alkanes of at least 4 members (excludes halogenated alkanes) is 1. The van der Waals surface area contributed by atoms with Gasteiger partial charge in [0.25, 0.3) is 0 Å². The van der Waals surface area contributed by atoms with Gasteiger partial charge in [-0.25, -0.2) is 4.79 Å². The smallest absolute Gasteiger partial charge is 0.408 e. The maximum Gasteiger partial charge on any atom is 0.408 e. The molecule has 148 valence electrons. The average Bonchev–Trinajstić information content (AvgIpc) is 2.45. The highest BCUT2D eigenvalue weighted by molar-refractivity contribution is 5.79. The summed E-state index contributed by atoms with van der Waals surface area (Å²) < 4.78 is 5.30. The fourth-order valence-electron chi connectivity index (χ4n) is 2.05. The summed E-state index contributed by atoms with van der Waals surface area (Å²) in [5.41, 5.74) is -0.965. The fraction of sp³-hybridized carbons (Fsp3) is 0.889. The maximum absolute atomic E-state index is 11.9. The van der Waals surface area contributed by atoms with Crippen LogP contribution in [0.3, 0.4) is 0 Å². The number of nitrogens with zero attached hydrogens (tertiary/aromatic N) is 2. The molecule has 7 nitrogen and oxygen atoms in total. The summed E-state index contributed by atoms with van der Waals surface area (Å²) in [6, 6.07) is 0. The lowest BCUT2D eigenvalue weighted by Crippen LogP contribution is -2.54. The normalized spacial score (nSPS) is 12.9. The molecule has 0 atom stereocenters. The summed E-state index contributed by atoms with van der Waals surface area (Å²) in [5.74, 6) is 0.725. The Balaban J connectivity index is 4.21. The van der Waals surface area contributed by atoms with Crippen molar-refractivity contribution in [3.05, 3.63) is 0 Å². The number of alkyl carbamates (subject to hydrolysis) is 1. The van der Waals surface area contributed by atoms with Gasteiger partial charge in [0.2, 0.25) is 0 Å². The van der Waals surface area contributed by atoms with Crippen LogP contribution in [0.1, 0.15) is 54.4 Å². The Labute approximate surface area is 154 Å². The van der Waals surface area contributed by atoms with Gasteiger partial charge in [-0.3, -0.25) is 4.99 Å². The second kappa shape index (κ2) is 11.2. The summed E-state index contributed by atoms with van der Waals surface area (Å²) in [6.45, 7) is 15.1. The van der Waals surface area contributed by atoms with Gasteiger partial charge in [0, 0.05) is 26.7 Å². The topological polar surface area (TPSA) is 78.0 Å². The van der Waals surface area contributed by atoms with Crippen molar-refractivity contribution in [2.45, 2.75) is 65.5 Å². The molecule has 0 radical (unpaired) electrons. The molecule has 0 bridgehead atoms. The summed E-state index contributed by atoms with van der Waals surface area (Å²) in [4.78, 5) is 18.4. The number of hydrogen-bond acceptors (Lipinski definition) is 4. The molecule has 0 saturated heterocycles. The highest BCUT2D eigenvalue weighted by Gasteiger charge is 2.24. The van der Waals surface area contributed by atoms with Crippen LogP contribution in [0.15, 0.2) is 4.99 Å². The third kappa shape index (κ3) is 13.5. The predicted octanol–water partition coefficient (Wildman–Crippen LogP) is 2.19. The number of rotatable bonds is 9. The van der Waals surface area contributed by atoms with E-state index in [1.165, 1.54) is 12.8 Å². The molecule has 0 rings (SSSR count). The van der Waals surface area contributed by atoms with Crippen LogP contribution < -0.4 is 16.0 Å². The molecule has 3 N–H and O–H groups in total. The van der Waals surface area contributed by atoms with Crippen LogP contribution in [0.25, 0.3) is 0 Å². The van der Waals surface area contributed by atoms with Gasteiger partial charge in [0.1, 0.15) is 5.60 Å². The standard InChI is InChI=1S/C18H39N5O2/c1-9-10-12-23(8)13-11-20-15(19-7)21-14-18(5,6)22-16(24)25-17(2,3)4/h9-14H2,1-8H3,(H,22,24)(H2,19,20,21). The Hall–Kier alpha value is -1.50. The Kier molecular flexibility index (Phi) is 10.5. The van der Waals surface area contributed by atoms with Crippen molar-refractivity contribution in [1.29, 1.82) is 0 Å². The summed E-state index contributed by atoms with van der Waals surface area (Å²) >= 11 is 0. The molecule has 0 spiro atoms. The van der Waals surface area contributed by atoms with Crippen LogP contribution >= 0.6 is 0 Å². The minimum atomic E-state index is -0.505. The molecular weight excluding hydrogens is 318 g/mol. The summed E-state index contributed by atoms with van der Waals surface area (Å²) in [7, 11) is 3.87. The lowest BCUT2D eigenvalue weighted by Gasteiger charge is -2.29. The first-order chi connectivity index (χ1) is 11.5. The molecule has 0 fully saturated rings. The van der Waals surface area contributed by atoms with E-state index in [4.69, 9.17) is 4.74 Å². The molecule has 7 heteroatoms. The molecule has 0 unspecified atom stereocenters. The minimum absolute atomic E-state index is 0.417. The number of nitrogens with one attached hydrogen (secondary N) is 3. The van der Waals surface area contributed by atoms with E-state index in [9.17, 15) is 4.79 Å². The molecule has 0 saturated carbocycles. The first-order valence-electron chi connectivity index (χ1n) is 9.13. The highest BCUT2D eigenvalue weighted by Crippen LogP contribution is 2.09. The molecule has 0 aliphatic carbocycles. The zero-order valence-corrected chi connectivity index (χ0v) is 17.5. The van der Waals surface area contributed by atoms with Crippen LogP contribution in [0.5, 0.6) is 0 Å². The van der Waals surface area contributed by atoms with Gasteiger partial charge in [-0.15, -0.1) is 0 Å². The van der Waals surface area contributed by atoms with Crippen molar-refractivity contribution >= 4 is 12.1 Å². The van der Waals surface area contributed by atoms with E-state index >= 15 is 0 Å². The van der Waals surface area contributed by atoms with Crippen LogP contribution in [0.2, 0.25) is 0 Å². The van der Waals surface area contributed by atoms with Crippen LogP contribution in [0, 0.1) is 0 Å². The fourth-order valence-corrected chi connectivity index (χ4v) is 2.05. The summed E-state index contributed by atoms with van der Waals surface area (Å²) in [5, 5.41) is 9.41. The van der Waals surface area contributed by atoms with E-state index in [0.717, 1.165) is 25.6 Å². The molecule has 0 heterocycles. The van der Waals surface area contributed by atoms with E-state index in [-0.39, 0.29) is 0 Å². The van der Waals surface area contributed by atoms with Gasteiger partial charge in [0.15, 0.2) is 5.96 Å². The van der Waals surface area contributed by atoms with E-state index in [2.05, 4.69) is 39.8 Å². The Morgan fingerprint density at radius 1 is 1.12 bits per heavy atom. The predicted molar refractivity (Wildman–Crippen MR) is 105 cm³/mol. The van der Waals surface area contributed by atoms with Crippen LogP contribution in [0.4, 0.5) is 4.79 Å². The van der Waals surface area contributed by atoms with E-state index in [1.54, 1.807) is 7.05 Å². The maximum atomic E-state index is 11.9. The molecule has 0 aromatic heterocycles.